The first-order chi connectivity index (χ1) is 5.86. The van der Waals surface area contributed by atoms with E-state index >= 15 is 0 Å². The second-order valence-corrected chi connectivity index (χ2v) is 4.15. The summed E-state index contributed by atoms with van der Waals surface area (Å²) < 4.78 is 0. The number of hydrogen-bond acceptors (Lipinski definition) is 1. The van der Waals surface area contributed by atoms with Crippen molar-refractivity contribution in [1.29, 1.82) is 0 Å². The van der Waals surface area contributed by atoms with Gasteiger partial charge in [-0.3, -0.25) is 4.79 Å². The van der Waals surface area contributed by atoms with Gasteiger partial charge >= 0.3 is 0 Å². The number of hydrogen-bond donors (Lipinski definition) is 0. The van der Waals surface area contributed by atoms with Crippen LogP contribution in [0.25, 0.3) is 0 Å². The number of rotatable bonds is 0. The molecule has 4 atom stereocenters. The Bertz CT molecular complexity index is 287. The molecule has 0 saturated heterocycles. The van der Waals surface area contributed by atoms with Gasteiger partial charge in [-0.25, -0.2) is 0 Å². The molecule has 4 aliphatic carbocycles. The van der Waals surface area contributed by atoms with E-state index in [1.807, 2.05) is 0 Å². The SMILES string of the molecule is O=C1C=C[C@H]2C3C=CC(CC3)[C@@H]12. The molecule has 1 fully saturated rings. The molecule has 62 valence electrons. The first-order valence-electron chi connectivity index (χ1n) is 4.76. The molecular weight excluding hydrogens is 148 g/mol. The molecular formula is C11H12O. The van der Waals surface area contributed by atoms with Crippen molar-refractivity contribution >= 4 is 5.78 Å². The molecule has 0 aromatic heterocycles. The van der Waals surface area contributed by atoms with Gasteiger partial charge in [0.15, 0.2) is 5.78 Å². The minimum absolute atomic E-state index is 0.328. The van der Waals surface area contributed by atoms with Gasteiger partial charge in [-0.15, -0.1) is 0 Å². The van der Waals surface area contributed by atoms with Crippen LogP contribution in [-0.2, 0) is 4.79 Å². The van der Waals surface area contributed by atoms with Crippen molar-refractivity contribution in [3.63, 3.8) is 0 Å². The molecule has 1 heteroatoms. The summed E-state index contributed by atoms with van der Waals surface area (Å²) in [4.78, 5) is 11.5. The Balaban J connectivity index is 2.05. The zero-order chi connectivity index (χ0) is 8.13. The maximum atomic E-state index is 11.5. The summed E-state index contributed by atoms with van der Waals surface area (Å²) in [7, 11) is 0. The minimum Gasteiger partial charge on any atom is -0.295 e. The number of ketones is 1. The second kappa shape index (κ2) is 2.09. The van der Waals surface area contributed by atoms with E-state index in [1.54, 1.807) is 6.08 Å². The van der Waals surface area contributed by atoms with E-state index in [0.29, 0.717) is 29.5 Å². The summed E-state index contributed by atoms with van der Waals surface area (Å²) >= 11 is 0. The minimum atomic E-state index is 0.328. The Morgan fingerprint density at radius 1 is 1.08 bits per heavy atom. The normalized spacial score (nSPS) is 48.5. The average molecular weight is 160 g/mol. The zero-order valence-electron chi connectivity index (χ0n) is 6.94. The van der Waals surface area contributed by atoms with Gasteiger partial charge in [-0.05, 0) is 36.7 Å². The molecule has 0 heterocycles. The van der Waals surface area contributed by atoms with Gasteiger partial charge in [0.1, 0.15) is 0 Å². The highest BCUT2D eigenvalue weighted by atomic mass is 16.1. The molecule has 0 aromatic rings. The molecule has 0 spiro atoms. The van der Waals surface area contributed by atoms with E-state index in [0.717, 1.165) is 0 Å². The highest BCUT2D eigenvalue weighted by Crippen LogP contribution is 2.48. The zero-order valence-corrected chi connectivity index (χ0v) is 6.94. The summed E-state index contributed by atoms with van der Waals surface area (Å²) in [6.07, 6.45) is 11.0. The van der Waals surface area contributed by atoms with Crippen LogP contribution >= 0.6 is 0 Å². The van der Waals surface area contributed by atoms with Gasteiger partial charge in [-0.1, -0.05) is 18.2 Å². The standard InChI is InChI=1S/C11H12O/c12-10-6-5-9-7-1-3-8(4-2-7)11(9)10/h1,3,5-9,11H,2,4H2/t7?,8?,9-,11+/m0/s1. The summed E-state index contributed by atoms with van der Waals surface area (Å²) in [6.45, 7) is 0. The summed E-state index contributed by atoms with van der Waals surface area (Å²) in [6, 6.07) is 0. The molecule has 2 unspecified atom stereocenters. The van der Waals surface area contributed by atoms with Crippen molar-refractivity contribution in [1.82, 2.24) is 0 Å². The summed E-state index contributed by atoms with van der Waals surface area (Å²) in [5.41, 5.74) is 0. The van der Waals surface area contributed by atoms with E-state index in [2.05, 4.69) is 18.2 Å². The number of carbonyl (C=O) groups is 1. The van der Waals surface area contributed by atoms with Crippen LogP contribution in [0.4, 0.5) is 0 Å². The van der Waals surface area contributed by atoms with Crippen LogP contribution < -0.4 is 0 Å². The predicted molar refractivity (Wildman–Crippen MR) is 46.5 cm³/mol. The lowest BCUT2D eigenvalue weighted by Gasteiger charge is -2.40. The van der Waals surface area contributed by atoms with Crippen molar-refractivity contribution in [2.24, 2.45) is 23.7 Å². The molecule has 0 aromatic carbocycles. The van der Waals surface area contributed by atoms with Crippen molar-refractivity contribution in [2.75, 3.05) is 0 Å². The van der Waals surface area contributed by atoms with Crippen molar-refractivity contribution < 1.29 is 4.79 Å². The summed E-state index contributed by atoms with van der Waals surface area (Å²) in [5.74, 6) is 2.49. The molecule has 0 radical (unpaired) electrons. The summed E-state index contributed by atoms with van der Waals surface area (Å²) in [5, 5.41) is 0. The first-order valence-corrected chi connectivity index (χ1v) is 4.76. The van der Waals surface area contributed by atoms with Crippen LogP contribution in [0.2, 0.25) is 0 Å². The Morgan fingerprint density at radius 3 is 2.50 bits per heavy atom. The van der Waals surface area contributed by atoms with Crippen LogP contribution in [0.3, 0.4) is 0 Å². The maximum Gasteiger partial charge on any atom is 0.159 e. The monoisotopic (exact) mass is 160 g/mol. The molecule has 2 bridgehead atoms. The van der Waals surface area contributed by atoms with E-state index < -0.39 is 0 Å². The van der Waals surface area contributed by atoms with Crippen LogP contribution in [0.5, 0.6) is 0 Å². The smallest absolute Gasteiger partial charge is 0.159 e. The van der Waals surface area contributed by atoms with Crippen LogP contribution in [0.15, 0.2) is 24.3 Å². The second-order valence-electron chi connectivity index (χ2n) is 4.15. The lowest BCUT2D eigenvalue weighted by atomic mass is 9.63. The third-order valence-corrected chi connectivity index (χ3v) is 3.62. The molecule has 1 saturated carbocycles. The highest BCUT2D eigenvalue weighted by molar-refractivity contribution is 5.95. The third kappa shape index (κ3) is 0.669. The lowest BCUT2D eigenvalue weighted by Crippen LogP contribution is -2.36. The maximum absolute atomic E-state index is 11.5. The quantitative estimate of drug-likeness (QED) is 0.495. The van der Waals surface area contributed by atoms with Gasteiger partial charge in [0.25, 0.3) is 0 Å². The van der Waals surface area contributed by atoms with Gasteiger partial charge in [-0.2, -0.15) is 0 Å². The lowest BCUT2D eigenvalue weighted by molar-refractivity contribution is -0.121. The van der Waals surface area contributed by atoms with Gasteiger partial charge < -0.3 is 0 Å². The molecule has 0 aliphatic heterocycles. The van der Waals surface area contributed by atoms with Crippen molar-refractivity contribution in [3.8, 4) is 0 Å². The Morgan fingerprint density at radius 2 is 1.83 bits per heavy atom. The van der Waals surface area contributed by atoms with Crippen molar-refractivity contribution in [3.05, 3.63) is 24.3 Å². The van der Waals surface area contributed by atoms with Gasteiger partial charge in [0.05, 0.1) is 0 Å². The number of allylic oxidation sites excluding steroid dienone is 4. The van der Waals surface area contributed by atoms with Crippen molar-refractivity contribution in [2.45, 2.75) is 12.8 Å². The molecule has 4 aliphatic rings. The fraction of sp³-hybridized carbons (Fsp3) is 0.545. The predicted octanol–water partition coefficient (Wildman–Crippen LogP) is 1.95. The van der Waals surface area contributed by atoms with E-state index in [9.17, 15) is 4.79 Å². The molecule has 1 nitrogen and oxygen atoms in total. The molecule has 0 amide bonds. The fourth-order valence-electron chi connectivity index (χ4n) is 3.01. The van der Waals surface area contributed by atoms with Gasteiger partial charge in [0.2, 0.25) is 0 Å². The molecule has 0 N–H and O–H groups in total. The van der Waals surface area contributed by atoms with Gasteiger partial charge in [0, 0.05) is 5.92 Å². The van der Waals surface area contributed by atoms with Crippen LogP contribution in [0, 0.1) is 23.7 Å². The number of fused-ring (bicyclic) bond motifs is 1. The molecule has 4 rings (SSSR count). The van der Waals surface area contributed by atoms with Crippen LogP contribution in [-0.4, -0.2) is 5.78 Å². The Kier molecular flexibility index (Phi) is 1.16. The third-order valence-electron chi connectivity index (χ3n) is 3.62. The first kappa shape index (κ1) is 6.64. The van der Waals surface area contributed by atoms with E-state index in [-0.39, 0.29) is 0 Å². The Hall–Kier alpha value is -0.850. The number of carbonyl (C=O) groups excluding carboxylic acids is 1. The van der Waals surface area contributed by atoms with Crippen LogP contribution in [0.1, 0.15) is 12.8 Å². The largest absolute Gasteiger partial charge is 0.295 e. The topological polar surface area (TPSA) is 17.1 Å². The highest BCUT2D eigenvalue weighted by Gasteiger charge is 2.44. The molecule has 12 heavy (non-hydrogen) atoms. The van der Waals surface area contributed by atoms with E-state index in [4.69, 9.17) is 0 Å². The van der Waals surface area contributed by atoms with E-state index in [1.165, 1.54) is 12.8 Å². The Labute approximate surface area is 72.2 Å². The fourth-order valence-corrected chi connectivity index (χ4v) is 3.01. The average Bonchev–Trinajstić information content (AvgIpc) is 2.53.